The Morgan fingerprint density at radius 3 is 2.73 bits per heavy atom. The maximum Gasteiger partial charge on any atom is 0.151 e. The van der Waals surface area contributed by atoms with Gasteiger partial charge in [0.25, 0.3) is 0 Å². The van der Waals surface area contributed by atoms with E-state index in [1.165, 1.54) is 6.07 Å². The average molecular weight is 351 g/mol. The number of fused-ring (bicyclic) bond motifs is 2. The summed E-state index contributed by atoms with van der Waals surface area (Å²) in [6, 6.07) is 8.51. The third-order valence-electron chi connectivity index (χ3n) is 5.92. The van der Waals surface area contributed by atoms with Crippen LogP contribution in [0, 0.1) is 24.2 Å². The van der Waals surface area contributed by atoms with Crippen molar-refractivity contribution in [1.29, 1.82) is 0 Å². The highest BCUT2D eigenvalue weighted by Gasteiger charge is 2.44. The molecule has 4 atom stereocenters. The second-order valence-corrected chi connectivity index (χ2v) is 7.45. The molecule has 1 aromatic heterocycles. The van der Waals surface area contributed by atoms with E-state index in [4.69, 9.17) is 6.42 Å². The molecule has 0 saturated heterocycles. The quantitative estimate of drug-likeness (QED) is 0.855. The van der Waals surface area contributed by atoms with Crippen LogP contribution in [0.15, 0.2) is 30.3 Å². The molecule has 2 aliphatic rings. The highest BCUT2D eigenvalue weighted by atomic mass is 19.1. The summed E-state index contributed by atoms with van der Waals surface area (Å²) in [5.74, 6) is 4.04. The van der Waals surface area contributed by atoms with E-state index < -0.39 is 6.17 Å². The number of phenolic OH excluding ortho intramolecular Hbond substituents is 1. The lowest BCUT2D eigenvalue weighted by molar-refractivity contribution is 0.144. The molecule has 26 heavy (non-hydrogen) atoms. The van der Waals surface area contributed by atoms with E-state index in [1.807, 2.05) is 18.0 Å². The lowest BCUT2D eigenvalue weighted by atomic mass is 9.83. The molecule has 0 radical (unpaired) electrons. The zero-order chi connectivity index (χ0) is 18.3. The zero-order valence-corrected chi connectivity index (χ0v) is 14.8. The summed E-state index contributed by atoms with van der Waals surface area (Å²) in [5, 5.41) is 18.6. The Hall–Kier alpha value is -2.61. The highest BCUT2D eigenvalue weighted by molar-refractivity contribution is 5.68. The molecular weight excluding hydrogens is 329 g/mol. The summed E-state index contributed by atoms with van der Waals surface area (Å²) in [5.41, 5.74) is 1.74. The third kappa shape index (κ3) is 2.90. The molecule has 2 bridgehead atoms. The van der Waals surface area contributed by atoms with E-state index in [2.05, 4.69) is 16.1 Å². The molecule has 2 aliphatic carbocycles. The van der Waals surface area contributed by atoms with Crippen molar-refractivity contribution in [2.45, 2.75) is 37.9 Å². The van der Waals surface area contributed by atoms with Gasteiger partial charge in [0, 0.05) is 18.2 Å². The summed E-state index contributed by atoms with van der Waals surface area (Å²) in [7, 11) is 1.89. The van der Waals surface area contributed by atoms with E-state index >= 15 is 0 Å². The van der Waals surface area contributed by atoms with Crippen LogP contribution in [0.5, 0.6) is 5.75 Å². The highest BCUT2D eigenvalue weighted by Crippen LogP contribution is 2.45. The van der Waals surface area contributed by atoms with Crippen molar-refractivity contribution in [2.24, 2.45) is 11.8 Å². The van der Waals surface area contributed by atoms with Crippen LogP contribution < -0.4 is 4.90 Å². The Labute approximate surface area is 153 Å². The van der Waals surface area contributed by atoms with Gasteiger partial charge in [0.2, 0.25) is 0 Å². The Bertz CT molecular complexity index is 845. The number of phenols is 1. The lowest BCUT2D eigenvalue weighted by Gasteiger charge is -2.38. The van der Waals surface area contributed by atoms with E-state index in [-0.39, 0.29) is 17.7 Å². The molecule has 4 nitrogen and oxygen atoms in total. The van der Waals surface area contributed by atoms with Gasteiger partial charge in [0.15, 0.2) is 5.82 Å². The molecule has 2 aromatic rings. The van der Waals surface area contributed by atoms with Crippen molar-refractivity contribution in [1.82, 2.24) is 10.2 Å². The Balaban J connectivity index is 1.55. The van der Waals surface area contributed by atoms with Crippen LogP contribution in [0.2, 0.25) is 0 Å². The molecule has 1 N–H and O–H groups in total. The zero-order valence-electron chi connectivity index (χ0n) is 14.8. The minimum atomic E-state index is -0.805. The predicted octanol–water partition coefficient (Wildman–Crippen LogP) is 3.79. The molecule has 1 heterocycles. The minimum Gasteiger partial charge on any atom is -0.507 e. The summed E-state index contributed by atoms with van der Waals surface area (Å²) in [6.07, 6.45) is 8.60. The fraction of sp³-hybridized carbons (Fsp3) is 0.429. The molecule has 2 saturated carbocycles. The van der Waals surface area contributed by atoms with Crippen LogP contribution in [-0.2, 0) is 0 Å². The van der Waals surface area contributed by atoms with Crippen molar-refractivity contribution < 1.29 is 9.50 Å². The average Bonchev–Trinajstić information content (AvgIpc) is 3.08. The van der Waals surface area contributed by atoms with Crippen molar-refractivity contribution in [2.75, 3.05) is 11.9 Å². The lowest BCUT2D eigenvalue weighted by Crippen LogP contribution is -2.46. The number of benzene rings is 1. The van der Waals surface area contributed by atoms with Gasteiger partial charge in [-0.15, -0.1) is 16.6 Å². The number of rotatable bonds is 3. The number of terminal acetylenes is 1. The van der Waals surface area contributed by atoms with Gasteiger partial charge >= 0.3 is 0 Å². The second kappa shape index (κ2) is 6.60. The molecule has 2 fully saturated rings. The molecule has 5 heteroatoms. The van der Waals surface area contributed by atoms with Gasteiger partial charge < -0.3 is 10.0 Å². The monoisotopic (exact) mass is 351 g/mol. The first-order chi connectivity index (χ1) is 12.6. The summed E-state index contributed by atoms with van der Waals surface area (Å²) >= 11 is 0. The number of aromatic hydroxyl groups is 1. The largest absolute Gasteiger partial charge is 0.507 e. The van der Waals surface area contributed by atoms with E-state index in [0.29, 0.717) is 28.6 Å². The number of nitrogens with zero attached hydrogens (tertiary/aromatic N) is 3. The van der Waals surface area contributed by atoms with Crippen molar-refractivity contribution in [3.05, 3.63) is 35.9 Å². The minimum absolute atomic E-state index is 0.0727. The van der Waals surface area contributed by atoms with E-state index in [9.17, 15) is 9.50 Å². The standard InChI is InChI=1S/C21H22FN3O/c1-3-13-5-7-16(19(26)12-13)17-8-9-20(24-23-17)25(2)18-11-14-4-6-15(10-14)21(18)22/h1,5,7-9,12,14-15,18,21,26H,4,6,10-11H2,2H3/t14-,15+,18+,21-/m0/s1. The third-order valence-corrected chi connectivity index (χ3v) is 5.92. The van der Waals surface area contributed by atoms with Gasteiger partial charge in [-0.3, -0.25) is 0 Å². The number of anilines is 1. The summed E-state index contributed by atoms with van der Waals surface area (Å²) in [4.78, 5) is 1.92. The number of hydrogen-bond donors (Lipinski definition) is 1. The molecule has 1 aromatic carbocycles. The Kier molecular flexibility index (Phi) is 4.28. The maximum absolute atomic E-state index is 14.8. The summed E-state index contributed by atoms with van der Waals surface area (Å²) < 4.78 is 14.8. The van der Waals surface area contributed by atoms with Crippen LogP contribution in [0.4, 0.5) is 10.2 Å². The Morgan fingerprint density at radius 1 is 1.19 bits per heavy atom. The molecule has 0 unspecified atom stereocenters. The summed E-state index contributed by atoms with van der Waals surface area (Å²) in [6.45, 7) is 0. The maximum atomic E-state index is 14.8. The molecule has 0 amide bonds. The van der Waals surface area contributed by atoms with Crippen molar-refractivity contribution >= 4 is 5.82 Å². The van der Waals surface area contributed by atoms with Crippen molar-refractivity contribution in [3.63, 3.8) is 0 Å². The molecule has 0 aliphatic heterocycles. The fourth-order valence-corrected chi connectivity index (χ4v) is 4.44. The van der Waals surface area contributed by atoms with Crippen molar-refractivity contribution in [3.8, 4) is 29.4 Å². The molecule has 134 valence electrons. The van der Waals surface area contributed by atoms with E-state index in [0.717, 1.165) is 25.7 Å². The normalized spacial score (nSPS) is 27.1. The smallest absolute Gasteiger partial charge is 0.151 e. The first-order valence-corrected chi connectivity index (χ1v) is 9.07. The first-order valence-electron chi connectivity index (χ1n) is 9.07. The predicted molar refractivity (Wildman–Crippen MR) is 99.6 cm³/mol. The fourth-order valence-electron chi connectivity index (χ4n) is 4.44. The van der Waals surface area contributed by atoms with Gasteiger partial charge in [0.05, 0.1) is 11.7 Å². The number of hydrogen-bond acceptors (Lipinski definition) is 4. The SMILES string of the molecule is C#Cc1ccc(-c2ccc(N(C)[C@@H]3C[C@H]4CC[C@H](C4)[C@@H]3F)nn2)c(O)c1. The van der Waals surface area contributed by atoms with Crippen LogP contribution >= 0.6 is 0 Å². The number of alkyl halides is 1. The van der Waals surface area contributed by atoms with Gasteiger partial charge in [-0.2, -0.15) is 0 Å². The first kappa shape index (κ1) is 16.8. The van der Waals surface area contributed by atoms with Crippen LogP contribution in [-0.4, -0.2) is 34.6 Å². The molecule has 0 spiro atoms. The second-order valence-electron chi connectivity index (χ2n) is 7.45. The van der Waals surface area contributed by atoms with Crippen LogP contribution in [0.1, 0.15) is 31.2 Å². The Morgan fingerprint density at radius 2 is 2.04 bits per heavy atom. The van der Waals surface area contributed by atoms with Crippen LogP contribution in [0.25, 0.3) is 11.3 Å². The van der Waals surface area contributed by atoms with E-state index in [1.54, 1.807) is 18.2 Å². The number of halogens is 1. The van der Waals surface area contributed by atoms with Crippen LogP contribution in [0.3, 0.4) is 0 Å². The van der Waals surface area contributed by atoms with Gasteiger partial charge in [-0.25, -0.2) is 4.39 Å². The topological polar surface area (TPSA) is 49.2 Å². The van der Waals surface area contributed by atoms with Gasteiger partial charge in [-0.05, 0) is 67.9 Å². The van der Waals surface area contributed by atoms with Gasteiger partial charge in [0.1, 0.15) is 11.9 Å². The van der Waals surface area contributed by atoms with Gasteiger partial charge in [-0.1, -0.05) is 5.92 Å². The number of aromatic nitrogens is 2. The molecule has 4 rings (SSSR count). The molecular formula is C21H22FN3O.